The van der Waals surface area contributed by atoms with Crippen LogP contribution >= 0.6 is 12.2 Å². The van der Waals surface area contributed by atoms with Gasteiger partial charge in [-0.3, -0.25) is 5.10 Å². The van der Waals surface area contributed by atoms with Crippen LogP contribution in [0.1, 0.15) is 11.4 Å². The molecule has 0 amide bonds. The van der Waals surface area contributed by atoms with Crippen LogP contribution in [0.5, 0.6) is 17.2 Å². The van der Waals surface area contributed by atoms with E-state index >= 15 is 0 Å². The molecule has 0 aliphatic rings. The van der Waals surface area contributed by atoms with Crippen molar-refractivity contribution in [3.63, 3.8) is 0 Å². The van der Waals surface area contributed by atoms with Crippen molar-refractivity contribution in [3.05, 3.63) is 28.3 Å². The average Bonchev–Trinajstić information content (AvgIpc) is 2.83. The summed E-state index contributed by atoms with van der Waals surface area (Å²) in [4.78, 5) is 0. The van der Waals surface area contributed by atoms with E-state index in [4.69, 9.17) is 26.4 Å². The van der Waals surface area contributed by atoms with E-state index < -0.39 is 0 Å². The van der Waals surface area contributed by atoms with Crippen LogP contribution in [0.15, 0.2) is 17.2 Å². The number of ether oxygens (including phenoxy) is 3. The molecule has 2 aromatic rings. The number of aromatic amines is 1. The van der Waals surface area contributed by atoms with Crippen LogP contribution < -0.4 is 14.2 Å². The second kappa shape index (κ2) is 6.40. The van der Waals surface area contributed by atoms with Gasteiger partial charge in [-0.15, -0.1) is 0 Å². The minimum atomic E-state index is 0.420. The van der Waals surface area contributed by atoms with Crippen molar-refractivity contribution in [1.82, 2.24) is 14.9 Å². The standard InChI is InChI=1S/C13H16N4O3S/c1-8-15-16-13(21)17(8)14-7-9-5-11(19-3)12(20-4)6-10(9)18-2/h5-7H,1-4H3,(H,16,21)/b14-7+. The molecule has 21 heavy (non-hydrogen) atoms. The van der Waals surface area contributed by atoms with Gasteiger partial charge in [0.1, 0.15) is 11.6 Å². The monoisotopic (exact) mass is 308 g/mol. The highest BCUT2D eigenvalue weighted by Gasteiger charge is 2.10. The number of nitrogens with one attached hydrogen (secondary N) is 1. The normalized spacial score (nSPS) is 10.9. The number of benzene rings is 1. The third-order valence-corrected chi connectivity index (χ3v) is 3.12. The fourth-order valence-corrected chi connectivity index (χ4v) is 2.00. The van der Waals surface area contributed by atoms with E-state index in [2.05, 4.69) is 15.3 Å². The minimum Gasteiger partial charge on any atom is -0.496 e. The molecule has 0 aliphatic heterocycles. The van der Waals surface area contributed by atoms with Crippen LogP contribution in [0, 0.1) is 11.7 Å². The summed E-state index contributed by atoms with van der Waals surface area (Å²) in [5, 5.41) is 10.9. The van der Waals surface area contributed by atoms with Gasteiger partial charge in [-0.2, -0.15) is 14.9 Å². The molecule has 0 fully saturated rings. The van der Waals surface area contributed by atoms with Crippen molar-refractivity contribution in [2.45, 2.75) is 6.92 Å². The second-order valence-corrected chi connectivity index (χ2v) is 4.47. The first-order chi connectivity index (χ1) is 10.1. The van der Waals surface area contributed by atoms with Crippen LogP contribution in [0.4, 0.5) is 0 Å². The first-order valence-corrected chi connectivity index (χ1v) is 6.50. The minimum absolute atomic E-state index is 0.420. The van der Waals surface area contributed by atoms with Gasteiger partial charge in [-0.1, -0.05) is 0 Å². The zero-order chi connectivity index (χ0) is 15.4. The molecule has 0 radical (unpaired) electrons. The summed E-state index contributed by atoms with van der Waals surface area (Å²) in [6.45, 7) is 1.80. The fourth-order valence-electron chi connectivity index (χ4n) is 1.78. The molecule has 2 rings (SSSR count). The van der Waals surface area contributed by atoms with Crippen molar-refractivity contribution < 1.29 is 14.2 Å². The van der Waals surface area contributed by atoms with Crippen LogP contribution in [0.2, 0.25) is 0 Å². The Morgan fingerprint density at radius 1 is 1.14 bits per heavy atom. The van der Waals surface area contributed by atoms with E-state index in [1.54, 1.807) is 46.6 Å². The van der Waals surface area contributed by atoms with Gasteiger partial charge in [0, 0.05) is 11.6 Å². The Morgan fingerprint density at radius 3 is 2.29 bits per heavy atom. The van der Waals surface area contributed by atoms with Gasteiger partial charge >= 0.3 is 0 Å². The maximum atomic E-state index is 5.33. The van der Waals surface area contributed by atoms with Gasteiger partial charge in [-0.25, -0.2) is 0 Å². The molecule has 0 spiro atoms. The Balaban J connectivity index is 2.46. The van der Waals surface area contributed by atoms with E-state index in [1.165, 1.54) is 4.68 Å². The Kier molecular flexibility index (Phi) is 4.59. The molecular formula is C13H16N4O3S. The van der Waals surface area contributed by atoms with E-state index in [9.17, 15) is 0 Å². The fraction of sp³-hybridized carbons (Fsp3) is 0.308. The maximum absolute atomic E-state index is 5.33. The topological polar surface area (TPSA) is 73.7 Å². The third-order valence-electron chi connectivity index (χ3n) is 2.86. The molecule has 0 unspecified atom stereocenters. The predicted molar refractivity (Wildman–Crippen MR) is 81.2 cm³/mol. The highest BCUT2D eigenvalue weighted by molar-refractivity contribution is 7.71. The highest BCUT2D eigenvalue weighted by atomic mass is 32.1. The summed E-state index contributed by atoms with van der Waals surface area (Å²) >= 11 is 5.09. The van der Waals surface area contributed by atoms with Crippen molar-refractivity contribution in [3.8, 4) is 17.2 Å². The van der Waals surface area contributed by atoms with Gasteiger partial charge in [0.15, 0.2) is 11.5 Å². The Labute approximate surface area is 127 Å². The molecule has 1 N–H and O–H groups in total. The van der Waals surface area contributed by atoms with Gasteiger partial charge in [-0.05, 0) is 25.2 Å². The largest absolute Gasteiger partial charge is 0.496 e. The smallest absolute Gasteiger partial charge is 0.216 e. The van der Waals surface area contributed by atoms with Gasteiger partial charge in [0.2, 0.25) is 4.77 Å². The van der Waals surface area contributed by atoms with Gasteiger partial charge in [0.05, 0.1) is 27.5 Å². The Morgan fingerprint density at radius 2 is 1.76 bits per heavy atom. The Bertz CT molecular complexity index is 721. The average molecular weight is 308 g/mol. The van der Waals surface area contributed by atoms with Crippen LogP contribution in [0.3, 0.4) is 0 Å². The van der Waals surface area contributed by atoms with Crippen LogP contribution in [-0.2, 0) is 0 Å². The number of hydrogen-bond donors (Lipinski definition) is 1. The molecule has 1 aromatic heterocycles. The lowest BCUT2D eigenvalue weighted by molar-refractivity contribution is 0.349. The number of hydrogen-bond acceptors (Lipinski definition) is 6. The second-order valence-electron chi connectivity index (χ2n) is 4.08. The van der Waals surface area contributed by atoms with E-state index in [0.29, 0.717) is 27.8 Å². The predicted octanol–water partition coefficient (Wildman–Crippen LogP) is 2.16. The number of rotatable bonds is 5. The third kappa shape index (κ3) is 3.05. The summed E-state index contributed by atoms with van der Waals surface area (Å²) in [7, 11) is 4.72. The summed E-state index contributed by atoms with van der Waals surface area (Å²) in [6.07, 6.45) is 1.62. The van der Waals surface area contributed by atoms with Gasteiger partial charge in [0.25, 0.3) is 0 Å². The van der Waals surface area contributed by atoms with Crippen LogP contribution in [-0.4, -0.2) is 42.4 Å². The highest BCUT2D eigenvalue weighted by Crippen LogP contribution is 2.33. The van der Waals surface area contributed by atoms with E-state index in [1.807, 2.05) is 0 Å². The van der Waals surface area contributed by atoms with Crippen molar-refractivity contribution in [2.24, 2.45) is 5.10 Å². The number of aromatic nitrogens is 3. The molecule has 0 saturated carbocycles. The molecule has 1 aromatic carbocycles. The lowest BCUT2D eigenvalue weighted by Crippen LogP contribution is -1.98. The van der Waals surface area contributed by atoms with Crippen molar-refractivity contribution >= 4 is 18.4 Å². The first-order valence-electron chi connectivity index (χ1n) is 6.09. The number of H-pyrrole nitrogens is 1. The van der Waals surface area contributed by atoms with Gasteiger partial charge < -0.3 is 14.2 Å². The molecule has 1 heterocycles. The summed E-state index contributed by atoms with van der Waals surface area (Å²) in [6, 6.07) is 3.52. The van der Waals surface area contributed by atoms with E-state index in [0.717, 1.165) is 5.56 Å². The number of methoxy groups -OCH3 is 3. The molecule has 7 nitrogen and oxygen atoms in total. The van der Waals surface area contributed by atoms with Crippen molar-refractivity contribution in [1.29, 1.82) is 0 Å². The molecule has 0 aliphatic carbocycles. The lowest BCUT2D eigenvalue weighted by Gasteiger charge is -2.11. The quantitative estimate of drug-likeness (QED) is 0.677. The molecule has 8 heteroatoms. The molecule has 0 bridgehead atoms. The van der Waals surface area contributed by atoms with Crippen molar-refractivity contribution in [2.75, 3.05) is 21.3 Å². The molecule has 0 atom stereocenters. The number of nitrogens with zero attached hydrogens (tertiary/aromatic N) is 3. The van der Waals surface area contributed by atoms with E-state index in [-0.39, 0.29) is 0 Å². The Hall–Kier alpha value is -2.35. The maximum Gasteiger partial charge on any atom is 0.216 e. The SMILES string of the molecule is COc1cc(OC)c(OC)cc1/C=N/n1c(C)n[nH]c1=S. The molecule has 0 saturated heterocycles. The zero-order valence-electron chi connectivity index (χ0n) is 12.2. The zero-order valence-corrected chi connectivity index (χ0v) is 13.0. The lowest BCUT2D eigenvalue weighted by atomic mass is 10.2. The van der Waals surface area contributed by atoms with Crippen LogP contribution in [0.25, 0.3) is 0 Å². The summed E-state index contributed by atoms with van der Waals surface area (Å²) < 4.78 is 17.8. The molecule has 112 valence electrons. The first kappa shape index (κ1) is 15.0. The summed E-state index contributed by atoms with van der Waals surface area (Å²) in [5.41, 5.74) is 0.734. The molecular weight excluding hydrogens is 292 g/mol. The number of aryl methyl sites for hydroxylation is 1. The summed E-state index contributed by atoms with van der Waals surface area (Å²) in [5.74, 6) is 2.45.